The lowest BCUT2D eigenvalue weighted by Crippen LogP contribution is -2.54. The first-order valence-electron chi connectivity index (χ1n) is 17.3. The lowest BCUT2D eigenvalue weighted by Gasteiger charge is -2.48. The average Bonchev–Trinajstić information content (AvgIpc) is 3.07. The van der Waals surface area contributed by atoms with E-state index in [1.165, 1.54) is 23.5 Å². The van der Waals surface area contributed by atoms with Gasteiger partial charge in [0.05, 0.1) is 23.2 Å². The number of carbonyl (C=O) groups is 2. The minimum Gasteiger partial charge on any atom is -0.453 e. The van der Waals surface area contributed by atoms with Crippen molar-refractivity contribution in [2.75, 3.05) is 32.1 Å². The van der Waals surface area contributed by atoms with Crippen LogP contribution in [-0.4, -0.2) is 74.8 Å². The number of piperazine rings is 1. The van der Waals surface area contributed by atoms with Crippen LogP contribution in [0, 0.1) is 11.7 Å². The number of hydrogen-bond acceptors (Lipinski definition) is 7. The molecule has 0 saturated carbocycles. The second kappa shape index (κ2) is 16.0. The molecule has 10 nitrogen and oxygen atoms in total. The minimum atomic E-state index is -3.79. The summed E-state index contributed by atoms with van der Waals surface area (Å²) in [5.41, 5.74) is 0.227. The van der Waals surface area contributed by atoms with E-state index in [1.807, 2.05) is 39.8 Å². The smallest absolute Gasteiger partial charge is 0.407 e. The fraction of sp³-hybridized carbons (Fsp3) is 0.474. The number of nitrogens with one attached hydrogen (secondary N) is 3. The van der Waals surface area contributed by atoms with Gasteiger partial charge in [0, 0.05) is 47.9 Å². The molecular weight excluding hydrogens is 695 g/mol. The van der Waals surface area contributed by atoms with Gasteiger partial charge in [0.15, 0.2) is 0 Å². The molecule has 3 N–H and O–H groups in total. The van der Waals surface area contributed by atoms with E-state index < -0.39 is 57.0 Å². The molecule has 0 spiro atoms. The van der Waals surface area contributed by atoms with Crippen LogP contribution >= 0.6 is 11.6 Å². The summed E-state index contributed by atoms with van der Waals surface area (Å²) < 4.78 is 55.6. The van der Waals surface area contributed by atoms with E-state index >= 15 is 4.39 Å². The number of benzene rings is 3. The van der Waals surface area contributed by atoms with Crippen molar-refractivity contribution in [2.45, 2.75) is 87.5 Å². The van der Waals surface area contributed by atoms with Crippen molar-refractivity contribution >= 4 is 39.3 Å². The molecule has 13 heteroatoms. The molecule has 0 radical (unpaired) electrons. The Kier molecular flexibility index (Phi) is 12.1. The molecule has 2 saturated heterocycles. The Bertz CT molecular complexity index is 1780. The zero-order chi connectivity index (χ0) is 37.0. The number of ether oxygens (including phenoxy) is 2. The van der Waals surface area contributed by atoms with E-state index in [4.69, 9.17) is 21.1 Å². The third kappa shape index (κ3) is 9.47. The number of methoxy groups -OCH3 is 1. The average molecular weight is 743 g/mol. The number of carbonyl (C=O) groups excluding carboxylic acids is 2. The normalized spacial score (nSPS) is 20.6. The van der Waals surface area contributed by atoms with Gasteiger partial charge in [-0.1, -0.05) is 48.0 Å². The first-order chi connectivity index (χ1) is 24.1. The van der Waals surface area contributed by atoms with E-state index in [2.05, 4.69) is 16.0 Å². The number of hydrogen-bond donors (Lipinski definition) is 3. The predicted molar refractivity (Wildman–Crippen MR) is 196 cm³/mol. The van der Waals surface area contributed by atoms with Gasteiger partial charge in [-0.2, -0.15) is 4.31 Å². The van der Waals surface area contributed by atoms with Crippen LogP contribution in [0.1, 0.15) is 64.0 Å². The van der Waals surface area contributed by atoms with Gasteiger partial charge >= 0.3 is 6.09 Å². The number of halogens is 2. The van der Waals surface area contributed by atoms with Crippen molar-refractivity contribution in [3.63, 3.8) is 0 Å². The van der Waals surface area contributed by atoms with Gasteiger partial charge in [-0.05, 0) is 101 Å². The molecule has 5 rings (SSSR count). The number of anilines is 1. The highest BCUT2D eigenvalue weighted by molar-refractivity contribution is 7.89. The van der Waals surface area contributed by atoms with E-state index in [1.54, 1.807) is 48.5 Å². The zero-order valence-corrected chi connectivity index (χ0v) is 31.3. The summed E-state index contributed by atoms with van der Waals surface area (Å²) in [7, 11) is -2.56. The van der Waals surface area contributed by atoms with E-state index in [0.29, 0.717) is 37.4 Å². The maximum Gasteiger partial charge on any atom is 0.407 e. The summed E-state index contributed by atoms with van der Waals surface area (Å²) in [4.78, 5) is 27.5. The molecule has 2 aliphatic heterocycles. The van der Waals surface area contributed by atoms with Crippen LogP contribution in [0.2, 0.25) is 5.02 Å². The van der Waals surface area contributed by atoms with E-state index in [0.717, 1.165) is 5.56 Å². The highest BCUT2D eigenvalue weighted by atomic mass is 35.5. The van der Waals surface area contributed by atoms with Crippen LogP contribution in [0.25, 0.3) is 0 Å². The third-order valence-corrected chi connectivity index (χ3v) is 11.9. The molecule has 0 aliphatic carbocycles. The Morgan fingerprint density at radius 1 is 1.02 bits per heavy atom. The lowest BCUT2D eigenvalue weighted by molar-refractivity contribution is -0.176. The molecular formula is C38H48ClFN4O6S. The fourth-order valence-electron chi connectivity index (χ4n) is 7.83. The molecule has 2 fully saturated rings. The van der Waals surface area contributed by atoms with Crippen molar-refractivity contribution in [1.82, 2.24) is 14.9 Å². The second-order valence-electron chi connectivity index (χ2n) is 14.6. The minimum absolute atomic E-state index is 0.124. The zero-order valence-electron chi connectivity index (χ0n) is 29.7. The van der Waals surface area contributed by atoms with Crippen LogP contribution in [0.3, 0.4) is 0 Å². The van der Waals surface area contributed by atoms with Gasteiger partial charge in [0.1, 0.15) is 11.9 Å². The highest BCUT2D eigenvalue weighted by Crippen LogP contribution is 2.46. The SMILES string of the molecule is COC(=O)NC(C(=O)Nc1cccc(F)c1CCC1CNCCN1S(=O)(=O)c1ccccc1)C(c1ccc(Cl)cc1)C1CC(C)(C)OC(C)(C)C1. The summed E-state index contributed by atoms with van der Waals surface area (Å²) >= 11 is 6.27. The Hall–Kier alpha value is -3.55. The molecule has 2 aliphatic rings. The highest BCUT2D eigenvalue weighted by Gasteiger charge is 2.46. The number of nitrogens with zero attached hydrogens (tertiary/aromatic N) is 1. The molecule has 3 aromatic rings. The number of amides is 2. The Balaban J connectivity index is 1.45. The topological polar surface area (TPSA) is 126 Å². The summed E-state index contributed by atoms with van der Waals surface area (Å²) in [5.74, 6) is -1.75. The first kappa shape index (κ1) is 38.7. The van der Waals surface area contributed by atoms with Crippen molar-refractivity contribution in [2.24, 2.45) is 5.92 Å². The van der Waals surface area contributed by atoms with Crippen LogP contribution in [-0.2, 0) is 30.7 Å². The molecule has 2 amide bonds. The van der Waals surface area contributed by atoms with Crippen molar-refractivity contribution in [1.29, 1.82) is 0 Å². The van der Waals surface area contributed by atoms with Gasteiger partial charge in [-0.25, -0.2) is 17.6 Å². The van der Waals surface area contributed by atoms with Crippen LogP contribution in [0.15, 0.2) is 77.7 Å². The van der Waals surface area contributed by atoms with Crippen LogP contribution in [0.5, 0.6) is 0 Å². The number of sulfonamides is 1. The van der Waals surface area contributed by atoms with Crippen molar-refractivity contribution in [3.05, 3.63) is 94.8 Å². The Morgan fingerprint density at radius 2 is 1.69 bits per heavy atom. The summed E-state index contributed by atoms with van der Waals surface area (Å²) in [6.07, 6.45) is 0.849. The van der Waals surface area contributed by atoms with Crippen molar-refractivity contribution < 1.29 is 31.9 Å². The third-order valence-electron chi connectivity index (χ3n) is 9.67. The van der Waals surface area contributed by atoms with Gasteiger partial charge in [0.25, 0.3) is 0 Å². The Labute approximate surface area is 305 Å². The van der Waals surface area contributed by atoms with E-state index in [-0.39, 0.29) is 35.0 Å². The first-order valence-corrected chi connectivity index (χ1v) is 19.1. The summed E-state index contributed by atoms with van der Waals surface area (Å²) in [5, 5.41) is 9.50. The van der Waals surface area contributed by atoms with E-state index in [9.17, 15) is 18.0 Å². The number of alkyl carbamates (subject to hydrolysis) is 1. The largest absolute Gasteiger partial charge is 0.453 e. The molecule has 3 aromatic carbocycles. The molecule has 51 heavy (non-hydrogen) atoms. The van der Waals surface area contributed by atoms with Gasteiger partial charge in [-0.3, -0.25) is 4.79 Å². The van der Waals surface area contributed by atoms with Crippen LogP contribution < -0.4 is 16.0 Å². The maximum atomic E-state index is 15.6. The van der Waals surface area contributed by atoms with Gasteiger partial charge < -0.3 is 25.4 Å². The number of rotatable bonds is 11. The van der Waals surface area contributed by atoms with Crippen molar-refractivity contribution in [3.8, 4) is 0 Å². The Morgan fingerprint density at radius 3 is 2.33 bits per heavy atom. The van der Waals surface area contributed by atoms with Gasteiger partial charge in [0.2, 0.25) is 15.9 Å². The van der Waals surface area contributed by atoms with Gasteiger partial charge in [-0.15, -0.1) is 0 Å². The maximum absolute atomic E-state index is 15.6. The molecule has 3 unspecified atom stereocenters. The van der Waals surface area contributed by atoms with Crippen LogP contribution in [0.4, 0.5) is 14.9 Å². The summed E-state index contributed by atoms with van der Waals surface area (Å²) in [6, 6.07) is 18.3. The quantitative estimate of drug-likeness (QED) is 0.205. The molecule has 0 aromatic heterocycles. The molecule has 2 heterocycles. The standard InChI is InChI=1S/C38H48ClFN4O6S/c1-37(2)22-26(23-38(3,4)50-37)33(25-14-16-27(39)17-15-25)34(43-36(46)49-5)35(45)42-32-13-9-12-31(40)30(32)19-18-28-24-41-20-21-44(28)51(47,48)29-10-7-6-8-11-29/h6-17,26,28,33-34,41H,18-24H2,1-5H3,(H,42,45)(H,43,46). The molecule has 0 bridgehead atoms. The predicted octanol–water partition coefficient (Wildman–Crippen LogP) is 6.51. The lowest BCUT2D eigenvalue weighted by atomic mass is 9.69. The second-order valence-corrected chi connectivity index (χ2v) is 16.9. The fourth-order valence-corrected chi connectivity index (χ4v) is 9.63. The monoisotopic (exact) mass is 742 g/mol. The summed E-state index contributed by atoms with van der Waals surface area (Å²) in [6.45, 7) is 9.20. The molecule has 3 atom stereocenters. The molecule has 276 valence electrons.